The van der Waals surface area contributed by atoms with Crippen LogP contribution in [-0.4, -0.2) is 13.7 Å². The van der Waals surface area contributed by atoms with E-state index in [0.29, 0.717) is 0 Å². The zero-order chi connectivity index (χ0) is 17.9. The summed E-state index contributed by atoms with van der Waals surface area (Å²) in [6.45, 7) is 3.06. The Balaban J connectivity index is 2.10. The molecule has 0 bridgehead atoms. The van der Waals surface area contributed by atoms with E-state index in [1.165, 1.54) is 54.4 Å². The number of halogens is 2. The first-order chi connectivity index (χ1) is 12.1. The molecule has 2 aromatic carbocycles. The molecule has 0 aliphatic heterocycles. The Labute approximate surface area is 168 Å². The number of hydrogen-bond donors (Lipinski definition) is 0. The van der Waals surface area contributed by atoms with Crippen LogP contribution < -0.4 is 0 Å². The van der Waals surface area contributed by atoms with Gasteiger partial charge in [-0.2, -0.15) is 0 Å². The molecule has 0 aromatic heterocycles. The lowest BCUT2D eigenvalue weighted by Gasteiger charge is -2.32. The van der Waals surface area contributed by atoms with Crippen LogP contribution in [0, 0.1) is 0 Å². The highest BCUT2D eigenvalue weighted by atomic mass is 79.9. The van der Waals surface area contributed by atoms with Gasteiger partial charge in [0.15, 0.2) is 0 Å². The van der Waals surface area contributed by atoms with E-state index < -0.39 is 0 Å². The van der Waals surface area contributed by atoms with Gasteiger partial charge in [0.25, 0.3) is 0 Å². The zero-order valence-electron chi connectivity index (χ0n) is 15.1. The summed E-state index contributed by atoms with van der Waals surface area (Å²) in [7, 11) is 1.81. The van der Waals surface area contributed by atoms with Gasteiger partial charge in [0.1, 0.15) is 0 Å². The van der Waals surface area contributed by atoms with Gasteiger partial charge in [0.05, 0.1) is 0 Å². The van der Waals surface area contributed by atoms with Crippen molar-refractivity contribution in [3.8, 4) is 11.1 Å². The molecule has 0 heterocycles. The fraction of sp³-hybridized carbons (Fsp3) is 0.455. The summed E-state index contributed by atoms with van der Waals surface area (Å²) in [5, 5.41) is 0. The van der Waals surface area contributed by atoms with Crippen LogP contribution in [-0.2, 0) is 10.2 Å². The Morgan fingerprint density at radius 2 is 1.44 bits per heavy atom. The second-order valence-electron chi connectivity index (χ2n) is 7.02. The quantitative estimate of drug-likeness (QED) is 0.367. The van der Waals surface area contributed by atoms with Crippen molar-refractivity contribution in [1.82, 2.24) is 0 Å². The molecule has 0 saturated carbocycles. The van der Waals surface area contributed by atoms with E-state index in [1.807, 2.05) is 7.11 Å². The van der Waals surface area contributed by atoms with Crippen molar-refractivity contribution in [1.29, 1.82) is 0 Å². The molecule has 3 heteroatoms. The molecule has 0 radical (unpaired) electrons. The van der Waals surface area contributed by atoms with Crippen LogP contribution in [0.2, 0.25) is 0 Å². The van der Waals surface area contributed by atoms with E-state index >= 15 is 0 Å². The molecule has 0 fully saturated rings. The predicted octanol–water partition coefficient (Wildman–Crippen LogP) is 7.49. The Kier molecular flexibility index (Phi) is 6.40. The molecule has 0 atom stereocenters. The predicted molar refractivity (Wildman–Crippen MR) is 113 cm³/mol. The maximum Gasteiger partial charge on any atom is 0.0474 e. The molecular formula is C22H26Br2O. The average Bonchev–Trinajstić information content (AvgIpc) is 2.86. The summed E-state index contributed by atoms with van der Waals surface area (Å²) >= 11 is 7.39. The molecule has 3 rings (SSSR count). The second kappa shape index (κ2) is 8.37. The maximum atomic E-state index is 5.52. The van der Waals surface area contributed by atoms with Crippen molar-refractivity contribution in [2.75, 3.05) is 13.7 Å². The summed E-state index contributed by atoms with van der Waals surface area (Å²) < 4.78 is 7.84. The molecular weight excluding hydrogens is 440 g/mol. The SMILES string of the molecule is CCCCCCC1(CCOC)c2cc(Br)ccc2-c2ccc(Br)cc21. The number of benzene rings is 2. The largest absolute Gasteiger partial charge is 0.385 e. The van der Waals surface area contributed by atoms with Gasteiger partial charge in [0.2, 0.25) is 0 Å². The minimum Gasteiger partial charge on any atom is -0.385 e. The monoisotopic (exact) mass is 464 g/mol. The standard InChI is InChI=1S/C22H26Br2O/c1-3-4-5-6-11-22(12-13-25-2)20-14-16(23)7-9-18(20)19-10-8-17(24)15-21(19)22/h7-10,14-15H,3-6,11-13H2,1-2H3. The fourth-order valence-electron chi connectivity index (χ4n) is 4.23. The molecule has 134 valence electrons. The third kappa shape index (κ3) is 3.74. The average molecular weight is 466 g/mol. The summed E-state index contributed by atoms with van der Waals surface area (Å²) in [6.07, 6.45) is 7.37. The van der Waals surface area contributed by atoms with Gasteiger partial charge < -0.3 is 4.74 Å². The molecule has 0 spiro atoms. The minimum atomic E-state index is 0.0575. The minimum absolute atomic E-state index is 0.0575. The van der Waals surface area contributed by atoms with Crippen LogP contribution in [0.25, 0.3) is 11.1 Å². The molecule has 1 nitrogen and oxygen atoms in total. The maximum absolute atomic E-state index is 5.52. The van der Waals surface area contributed by atoms with Crippen molar-refractivity contribution in [2.45, 2.75) is 50.9 Å². The summed E-state index contributed by atoms with van der Waals surface area (Å²) in [5.41, 5.74) is 5.75. The van der Waals surface area contributed by atoms with E-state index in [-0.39, 0.29) is 5.41 Å². The van der Waals surface area contributed by atoms with Crippen molar-refractivity contribution < 1.29 is 4.74 Å². The van der Waals surface area contributed by atoms with Crippen LogP contribution in [0.4, 0.5) is 0 Å². The van der Waals surface area contributed by atoms with E-state index in [9.17, 15) is 0 Å². The number of unbranched alkanes of at least 4 members (excludes halogenated alkanes) is 3. The van der Waals surface area contributed by atoms with Gasteiger partial charge in [-0.3, -0.25) is 0 Å². The van der Waals surface area contributed by atoms with Crippen molar-refractivity contribution in [3.05, 3.63) is 56.5 Å². The lowest BCUT2D eigenvalue weighted by molar-refractivity contribution is 0.172. The van der Waals surface area contributed by atoms with E-state index in [2.05, 4.69) is 75.2 Å². The van der Waals surface area contributed by atoms with Crippen LogP contribution in [0.1, 0.15) is 56.6 Å². The number of fused-ring (bicyclic) bond motifs is 3. The zero-order valence-corrected chi connectivity index (χ0v) is 18.3. The topological polar surface area (TPSA) is 9.23 Å². The Morgan fingerprint density at radius 1 is 0.840 bits per heavy atom. The number of hydrogen-bond acceptors (Lipinski definition) is 1. The highest BCUT2D eigenvalue weighted by Gasteiger charge is 2.42. The van der Waals surface area contributed by atoms with Crippen molar-refractivity contribution in [2.24, 2.45) is 0 Å². The first-order valence-electron chi connectivity index (χ1n) is 9.22. The normalized spacial score (nSPS) is 14.4. The van der Waals surface area contributed by atoms with Gasteiger partial charge in [-0.05, 0) is 59.4 Å². The van der Waals surface area contributed by atoms with Gasteiger partial charge in [-0.1, -0.05) is 76.6 Å². The molecule has 0 N–H and O–H groups in total. The number of methoxy groups -OCH3 is 1. The Bertz CT molecular complexity index is 687. The van der Waals surface area contributed by atoms with Gasteiger partial charge in [-0.15, -0.1) is 0 Å². The summed E-state index contributed by atoms with van der Waals surface area (Å²) in [4.78, 5) is 0. The fourth-order valence-corrected chi connectivity index (χ4v) is 4.96. The van der Waals surface area contributed by atoms with Crippen LogP contribution in [0.5, 0.6) is 0 Å². The molecule has 2 aromatic rings. The van der Waals surface area contributed by atoms with E-state index in [4.69, 9.17) is 4.74 Å². The smallest absolute Gasteiger partial charge is 0.0474 e. The summed E-state index contributed by atoms with van der Waals surface area (Å²) in [6, 6.07) is 13.5. The van der Waals surface area contributed by atoms with Gasteiger partial charge in [0, 0.05) is 28.1 Å². The molecule has 0 unspecified atom stereocenters. The van der Waals surface area contributed by atoms with Crippen LogP contribution >= 0.6 is 31.9 Å². The molecule has 25 heavy (non-hydrogen) atoms. The third-order valence-corrected chi connectivity index (χ3v) is 6.46. The lowest BCUT2D eigenvalue weighted by atomic mass is 9.72. The molecule has 1 aliphatic carbocycles. The van der Waals surface area contributed by atoms with Crippen LogP contribution in [0.3, 0.4) is 0 Å². The Morgan fingerprint density at radius 3 is 1.96 bits per heavy atom. The first-order valence-corrected chi connectivity index (χ1v) is 10.8. The number of ether oxygens (including phenoxy) is 1. The molecule has 1 aliphatic rings. The van der Waals surface area contributed by atoms with Gasteiger partial charge >= 0.3 is 0 Å². The second-order valence-corrected chi connectivity index (χ2v) is 8.85. The van der Waals surface area contributed by atoms with Gasteiger partial charge in [-0.25, -0.2) is 0 Å². The number of rotatable bonds is 8. The van der Waals surface area contributed by atoms with Crippen molar-refractivity contribution in [3.63, 3.8) is 0 Å². The Hall–Kier alpha value is -0.640. The van der Waals surface area contributed by atoms with E-state index in [1.54, 1.807) is 0 Å². The first kappa shape index (κ1) is 19.1. The third-order valence-electron chi connectivity index (χ3n) is 5.47. The van der Waals surface area contributed by atoms with E-state index in [0.717, 1.165) is 22.0 Å². The van der Waals surface area contributed by atoms with Crippen LogP contribution in [0.15, 0.2) is 45.3 Å². The highest BCUT2D eigenvalue weighted by Crippen LogP contribution is 2.54. The highest BCUT2D eigenvalue weighted by molar-refractivity contribution is 9.10. The molecule has 0 amide bonds. The summed E-state index contributed by atoms with van der Waals surface area (Å²) in [5.74, 6) is 0. The van der Waals surface area contributed by atoms with Crippen molar-refractivity contribution >= 4 is 31.9 Å². The molecule has 0 saturated heterocycles. The lowest BCUT2D eigenvalue weighted by Crippen LogP contribution is -2.27.